The van der Waals surface area contributed by atoms with E-state index in [0.717, 1.165) is 0 Å². The maximum absolute atomic E-state index is 11.1. The maximum Gasteiger partial charge on any atom is 0.322 e. The van der Waals surface area contributed by atoms with E-state index in [1.54, 1.807) is 0 Å². The van der Waals surface area contributed by atoms with Gasteiger partial charge in [-0.05, 0) is 6.42 Å². The molecule has 0 aromatic rings. The van der Waals surface area contributed by atoms with Crippen molar-refractivity contribution in [3.63, 3.8) is 0 Å². The molecular weight excluding hydrogens is 176 g/mol. The molecule has 1 rings (SSSR count). The number of amides is 2. The van der Waals surface area contributed by atoms with Crippen LogP contribution >= 0.6 is 0 Å². The molecule has 0 radical (unpaired) electrons. The first-order chi connectivity index (χ1) is 6.09. The van der Waals surface area contributed by atoms with Crippen LogP contribution in [0, 0.1) is 0 Å². The molecule has 2 amide bonds. The zero-order valence-electron chi connectivity index (χ0n) is 6.87. The van der Waals surface area contributed by atoms with Gasteiger partial charge in [0.1, 0.15) is 12.6 Å². The molecule has 0 aromatic carbocycles. The van der Waals surface area contributed by atoms with Crippen LogP contribution in [0.15, 0.2) is 0 Å². The Kier molecular flexibility index (Phi) is 2.84. The summed E-state index contributed by atoms with van der Waals surface area (Å²) in [4.78, 5) is 31.9. The van der Waals surface area contributed by atoms with E-state index < -0.39 is 24.5 Å². The van der Waals surface area contributed by atoms with Crippen molar-refractivity contribution in [2.45, 2.75) is 18.9 Å². The maximum atomic E-state index is 11.1. The monoisotopic (exact) mass is 186 g/mol. The van der Waals surface area contributed by atoms with Crippen molar-refractivity contribution < 1.29 is 19.5 Å². The predicted octanol–water partition coefficient (Wildman–Crippen LogP) is -1.53. The highest BCUT2D eigenvalue weighted by Crippen LogP contribution is 2.05. The first-order valence-corrected chi connectivity index (χ1v) is 3.88. The van der Waals surface area contributed by atoms with E-state index in [2.05, 4.69) is 10.6 Å². The number of nitrogens with one attached hydrogen (secondary N) is 2. The molecule has 1 fully saturated rings. The highest BCUT2D eigenvalue weighted by Gasteiger charge is 2.26. The molecular formula is C7H10N2O4. The summed E-state index contributed by atoms with van der Waals surface area (Å²) in [5, 5.41) is 12.9. The Hall–Kier alpha value is -1.59. The number of rotatable bonds is 3. The zero-order valence-corrected chi connectivity index (χ0v) is 6.87. The average molecular weight is 186 g/mol. The van der Waals surface area contributed by atoms with Crippen molar-refractivity contribution in [2.24, 2.45) is 0 Å². The summed E-state index contributed by atoms with van der Waals surface area (Å²) in [5.41, 5.74) is 0. The molecule has 0 aliphatic carbocycles. The molecule has 1 aliphatic rings. The van der Waals surface area contributed by atoms with E-state index in [-0.39, 0.29) is 5.91 Å². The Bertz CT molecular complexity index is 251. The van der Waals surface area contributed by atoms with Gasteiger partial charge >= 0.3 is 5.97 Å². The quantitative estimate of drug-likeness (QED) is 0.498. The van der Waals surface area contributed by atoms with Crippen LogP contribution in [0.25, 0.3) is 0 Å². The van der Waals surface area contributed by atoms with E-state index in [1.165, 1.54) is 0 Å². The molecule has 6 nitrogen and oxygen atoms in total. The highest BCUT2D eigenvalue weighted by molar-refractivity contribution is 5.92. The van der Waals surface area contributed by atoms with Crippen LogP contribution in [0.1, 0.15) is 12.8 Å². The van der Waals surface area contributed by atoms with Gasteiger partial charge in [-0.2, -0.15) is 0 Å². The van der Waals surface area contributed by atoms with Gasteiger partial charge in [0, 0.05) is 6.42 Å². The van der Waals surface area contributed by atoms with E-state index in [1.807, 2.05) is 0 Å². The average Bonchev–Trinajstić information content (AvgIpc) is 2.47. The van der Waals surface area contributed by atoms with Crippen LogP contribution in [-0.4, -0.2) is 35.5 Å². The van der Waals surface area contributed by atoms with Crippen LogP contribution in [-0.2, 0) is 14.4 Å². The fourth-order valence-electron chi connectivity index (χ4n) is 1.10. The van der Waals surface area contributed by atoms with E-state index in [4.69, 9.17) is 5.11 Å². The lowest BCUT2D eigenvalue weighted by Crippen LogP contribution is -2.43. The van der Waals surface area contributed by atoms with Crippen molar-refractivity contribution in [1.82, 2.24) is 10.6 Å². The molecule has 0 unspecified atom stereocenters. The van der Waals surface area contributed by atoms with Crippen molar-refractivity contribution in [3.05, 3.63) is 0 Å². The van der Waals surface area contributed by atoms with E-state index in [9.17, 15) is 14.4 Å². The second-order valence-electron chi connectivity index (χ2n) is 2.77. The summed E-state index contributed by atoms with van der Waals surface area (Å²) in [6, 6.07) is -0.563. The van der Waals surface area contributed by atoms with Gasteiger partial charge in [-0.15, -0.1) is 0 Å². The molecule has 13 heavy (non-hydrogen) atoms. The minimum atomic E-state index is -1.10. The Morgan fingerprint density at radius 2 is 2.31 bits per heavy atom. The molecule has 0 saturated carbocycles. The minimum absolute atomic E-state index is 0.171. The fraction of sp³-hybridized carbons (Fsp3) is 0.571. The SMILES string of the molecule is O=C(O)CNC(=O)[C@H]1CCC(=O)N1. The number of aliphatic carboxylic acids is 1. The summed E-state index contributed by atoms with van der Waals surface area (Å²) < 4.78 is 0. The number of carboxylic acids is 1. The van der Waals surface area contributed by atoms with Crippen LogP contribution in [0.3, 0.4) is 0 Å². The van der Waals surface area contributed by atoms with Gasteiger partial charge in [0.25, 0.3) is 0 Å². The molecule has 0 spiro atoms. The van der Waals surface area contributed by atoms with Gasteiger partial charge in [0.2, 0.25) is 11.8 Å². The van der Waals surface area contributed by atoms with Gasteiger partial charge in [-0.1, -0.05) is 0 Å². The lowest BCUT2D eigenvalue weighted by atomic mass is 10.2. The molecule has 1 atom stereocenters. The summed E-state index contributed by atoms with van der Waals surface area (Å²) in [5.74, 6) is -1.71. The Labute approximate surface area is 74.3 Å². The molecule has 72 valence electrons. The predicted molar refractivity (Wildman–Crippen MR) is 41.8 cm³/mol. The Morgan fingerprint density at radius 1 is 1.62 bits per heavy atom. The third-order valence-corrected chi connectivity index (χ3v) is 1.73. The van der Waals surface area contributed by atoms with Crippen molar-refractivity contribution in [2.75, 3.05) is 6.54 Å². The summed E-state index contributed by atoms with van der Waals surface area (Å²) >= 11 is 0. The second-order valence-corrected chi connectivity index (χ2v) is 2.77. The van der Waals surface area contributed by atoms with Gasteiger partial charge in [0.15, 0.2) is 0 Å². The molecule has 0 aromatic heterocycles. The van der Waals surface area contributed by atoms with Gasteiger partial charge < -0.3 is 15.7 Å². The fourth-order valence-corrected chi connectivity index (χ4v) is 1.10. The first kappa shape index (κ1) is 9.50. The summed E-state index contributed by atoms with van der Waals surface area (Å²) in [6.07, 6.45) is 0.759. The normalized spacial score (nSPS) is 20.9. The number of carbonyl (C=O) groups excluding carboxylic acids is 2. The minimum Gasteiger partial charge on any atom is -0.480 e. The largest absolute Gasteiger partial charge is 0.480 e. The number of carboxylic acid groups (broad SMARTS) is 1. The second kappa shape index (κ2) is 3.88. The third kappa shape index (κ3) is 2.73. The molecule has 1 aliphatic heterocycles. The Morgan fingerprint density at radius 3 is 2.77 bits per heavy atom. The van der Waals surface area contributed by atoms with Crippen LogP contribution < -0.4 is 10.6 Å². The lowest BCUT2D eigenvalue weighted by Gasteiger charge is -2.08. The summed E-state index contributed by atoms with van der Waals surface area (Å²) in [6.45, 7) is -0.412. The smallest absolute Gasteiger partial charge is 0.322 e. The van der Waals surface area contributed by atoms with Crippen LogP contribution in [0.5, 0.6) is 0 Å². The molecule has 1 saturated heterocycles. The zero-order chi connectivity index (χ0) is 9.84. The Balaban J connectivity index is 2.31. The highest BCUT2D eigenvalue weighted by atomic mass is 16.4. The van der Waals surface area contributed by atoms with Gasteiger partial charge in [-0.3, -0.25) is 14.4 Å². The third-order valence-electron chi connectivity index (χ3n) is 1.73. The standard InChI is InChI=1S/C7H10N2O4/c10-5-2-1-4(9-5)7(13)8-3-6(11)12/h4H,1-3H2,(H,8,13)(H,9,10)(H,11,12)/t4-/m1/s1. The molecule has 0 bridgehead atoms. The van der Waals surface area contributed by atoms with Crippen LogP contribution in [0.2, 0.25) is 0 Å². The van der Waals surface area contributed by atoms with E-state index in [0.29, 0.717) is 12.8 Å². The number of hydrogen-bond acceptors (Lipinski definition) is 3. The van der Waals surface area contributed by atoms with E-state index >= 15 is 0 Å². The van der Waals surface area contributed by atoms with Crippen molar-refractivity contribution in [1.29, 1.82) is 0 Å². The molecule has 6 heteroatoms. The summed E-state index contributed by atoms with van der Waals surface area (Å²) in [7, 11) is 0. The van der Waals surface area contributed by atoms with Gasteiger partial charge in [-0.25, -0.2) is 0 Å². The molecule has 3 N–H and O–H groups in total. The molecule has 1 heterocycles. The number of hydrogen-bond donors (Lipinski definition) is 3. The topological polar surface area (TPSA) is 95.5 Å². The lowest BCUT2D eigenvalue weighted by molar-refractivity contribution is -0.138. The van der Waals surface area contributed by atoms with Crippen molar-refractivity contribution >= 4 is 17.8 Å². The van der Waals surface area contributed by atoms with Crippen molar-refractivity contribution in [3.8, 4) is 0 Å². The number of carbonyl (C=O) groups is 3. The first-order valence-electron chi connectivity index (χ1n) is 3.88. The van der Waals surface area contributed by atoms with Gasteiger partial charge in [0.05, 0.1) is 0 Å². The van der Waals surface area contributed by atoms with Crippen LogP contribution in [0.4, 0.5) is 0 Å².